The van der Waals surface area contributed by atoms with Crippen molar-refractivity contribution < 1.29 is 9.53 Å². The van der Waals surface area contributed by atoms with E-state index < -0.39 is 0 Å². The van der Waals surface area contributed by atoms with E-state index in [4.69, 9.17) is 10.5 Å². The zero-order valence-electron chi connectivity index (χ0n) is 11.9. The van der Waals surface area contributed by atoms with Crippen LogP contribution in [0.5, 0.6) is 5.75 Å². The summed E-state index contributed by atoms with van der Waals surface area (Å²) < 4.78 is 5.16. The Bertz CT molecular complexity index is 438. The van der Waals surface area contributed by atoms with E-state index in [1.807, 2.05) is 23.1 Å². The molecule has 0 aliphatic carbocycles. The maximum absolute atomic E-state index is 12.5. The Labute approximate surface area is 126 Å². The van der Waals surface area contributed by atoms with Crippen LogP contribution in [0, 0.1) is 5.92 Å². The second-order valence-electron chi connectivity index (χ2n) is 5.07. The van der Waals surface area contributed by atoms with E-state index >= 15 is 0 Å². The van der Waals surface area contributed by atoms with E-state index in [0.717, 1.165) is 31.7 Å². The summed E-state index contributed by atoms with van der Waals surface area (Å²) >= 11 is 0. The molecule has 1 unspecified atom stereocenters. The van der Waals surface area contributed by atoms with Gasteiger partial charge in [-0.25, -0.2) is 0 Å². The zero-order chi connectivity index (χ0) is 13.7. The second-order valence-corrected chi connectivity index (χ2v) is 5.07. The van der Waals surface area contributed by atoms with Crippen molar-refractivity contribution in [2.45, 2.75) is 19.3 Å². The van der Waals surface area contributed by atoms with Gasteiger partial charge in [-0.15, -0.1) is 12.4 Å². The van der Waals surface area contributed by atoms with Crippen molar-refractivity contribution in [2.75, 3.05) is 26.7 Å². The molecule has 112 valence electrons. The molecule has 1 heterocycles. The minimum atomic E-state index is 0. The number of hydrogen-bond donors (Lipinski definition) is 1. The number of ether oxygens (including phenoxy) is 1. The largest absolute Gasteiger partial charge is 0.497 e. The molecule has 0 bridgehead atoms. The third kappa shape index (κ3) is 4.12. The lowest BCUT2D eigenvalue weighted by molar-refractivity contribution is 0.0669. The fraction of sp³-hybridized carbons (Fsp3) is 0.533. The first-order valence-electron chi connectivity index (χ1n) is 6.88. The summed E-state index contributed by atoms with van der Waals surface area (Å²) in [6.45, 7) is 2.37. The van der Waals surface area contributed by atoms with Crippen LogP contribution in [0.1, 0.15) is 29.6 Å². The molecule has 1 aliphatic heterocycles. The SMILES string of the molecule is COc1cccc(C(=O)N2CCCC(CCN)C2)c1.Cl. The maximum Gasteiger partial charge on any atom is 0.253 e. The predicted molar refractivity (Wildman–Crippen MR) is 82.5 cm³/mol. The number of hydrogen-bond acceptors (Lipinski definition) is 3. The fourth-order valence-electron chi connectivity index (χ4n) is 2.66. The van der Waals surface area contributed by atoms with Crippen LogP contribution in [0.2, 0.25) is 0 Å². The summed E-state index contributed by atoms with van der Waals surface area (Å²) in [7, 11) is 1.61. The summed E-state index contributed by atoms with van der Waals surface area (Å²) in [5.41, 5.74) is 6.31. The highest BCUT2D eigenvalue weighted by molar-refractivity contribution is 5.94. The number of piperidine rings is 1. The van der Waals surface area contributed by atoms with Gasteiger partial charge < -0.3 is 15.4 Å². The predicted octanol–water partition coefficient (Wildman–Crippen LogP) is 2.32. The van der Waals surface area contributed by atoms with Crippen LogP contribution in [-0.2, 0) is 0 Å². The number of carbonyl (C=O) groups excluding carboxylic acids is 1. The van der Waals surface area contributed by atoms with Gasteiger partial charge in [-0.3, -0.25) is 4.79 Å². The molecule has 5 heteroatoms. The van der Waals surface area contributed by atoms with E-state index in [0.29, 0.717) is 18.0 Å². The lowest BCUT2D eigenvalue weighted by atomic mass is 9.94. The summed E-state index contributed by atoms with van der Waals surface area (Å²) in [5.74, 6) is 1.37. The smallest absolute Gasteiger partial charge is 0.253 e. The fourth-order valence-corrected chi connectivity index (χ4v) is 2.66. The number of halogens is 1. The highest BCUT2D eigenvalue weighted by atomic mass is 35.5. The Morgan fingerprint density at radius 2 is 2.30 bits per heavy atom. The Hall–Kier alpha value is -1.26. The number of benzene rings is 1. The van der Waals surface area contributed by atoms with E-state index in [9.17, 15) is 4.79 Å². The number of amides is 1. The molecule has 1 aromatic carbocycles. The first-order chi connectivity index (χ1) is 9.24. The number of methoxy groups -OCH3 is 1. The van der Waals surface area contributed by atoms with E-state index in [1.54, 1.807) is 13.2 Å². The zero-order valence-corrected chi connectivity index (χ0v) is 12.7. The molecule has 1 aromatic rings. The van der Waals surface area contributed by atoms with Gasteiger partial charge in [0.05, 0.1) is 7.11 Å². The lowest BCUT2D eigenvalue weighted by Crippen LogP contribution is -2.40. The van der Waals surface area contributed by atoms with Gasteiger partial charge >= 0.3 is 0 Å². The number of carbonyl (C=O) groups is 1. The van der Waals surface area contributed by atoms with Gasteiger partial charge in [0.25, 0.3) is 5.91 Å². The van der Waals surface area contributed by atoms with Crippen LogP contribution in [-0.4, -0.2) is 37.6 Å². The van der Waals surface area contributed by atoms with Crippen LogP contribution in [0.15, 0.2) is 24.3 Å². The number of likely N-dealkylation sites (tertiary alicyclic amines) is 1. The van der Waals surface area contributed by atoms with Crippen molar-refractivity contribution in [2.24, 2.45) is 11.7 Å². The van der Waals surface area contributed by atoms with Crippen LogP contribution in [0.4, 0.5) is 0 Å². The minimum Gasteiger partial charge on any atom is -0.497 e. The van der Waals surface area contributed by atoms with Gasteiger partial charge in [0.1, 0.15) is 5.75 Å². The molecule has 1 atom stereocenters. The minimum absolute atomic E-state index is 0. The second kappa shape index (κ2) is 8.12. The molecule has 0 aromatic heterocycles. The normalized spacial score (nSPS) is 18.3. The highest BCUT2D eigenvalue weighted by Gasteiger charge is 2.24. The molecule has 2 N–H and O–H groups in total. The molecule has 0 saturated carbocycles. The Kier molecular flexibility index (Phi) is 6.82. The van der Waals surface area contributed by atoms with E-state index in [-0.39, 0.29) is 18.3 Å². The van der Waals surface area contributed by atoms with E-state index in [2.05, 4.69) is 0 Å². The number of nitrogens with zero attached hydrogens (tertiary/aromatic N) is 1. The third-order valence-electron chi connectivity index (χ3n) is 3.70. The molecular formula is C15H23ClN2O2. The molecule has 1 fully saturated rings. The average Bonchev–Trinajstić information content (AvgIpc) is 2.47. The van der Waals surface area contributed by atoms with Crippen LogP contribution in [0.25, 0.3) is 0 Å². The van der Waals surface area contributed by atoms with Crippen molar-refractivity contribution in [1.82, 2.24) is 4.90 Å². The van der Waals surface area contributed by atoms with Gasteiger partial charge in [-0.1, -0.05) is 6.07 Å². The van der Waals surface area contributed by atoms with Gasteiger partial charge in [0.2, 0.25) is 0 Å². The maximum atomic E-state index is 12.5. The Morgan fingerprint density at radius 3 is 3.00 bits per heavy atom. The Morgan fingerprint density at radius 1 is 1.50 bits per heavy atom. The number of rotatable bonds is 4. The number of nitrogens with two attached hydrogens (primary N) is 1. The van der Waals surface area contributed by atoms with Gasteiger partial charge in [0, 0.05) is 18.7 Å². The molecule has 0 spiro atoms. The van der Waals surface area contributed by atoms with Gasteiger partial charge in [-0.2, -0.15) is 0 Å². The summed E-state index contributed by atoms with van der Waals surface area (Å²) in [5, 5.41) is 0. The third-order valence-corrected chi connectivity index (χ3v) is 3.70. The molecule has 0 radical (unpaired) electrons. The standard InChI is InChI=1S/C15H22N2O2.ClH/c1-19-14-6-2-5-13(10-14)15(18)17-9-3-4-12(11-17)7-8-16;/h2,5-6,10,12H,3-4,7-9,11,16H2,1H3;1H. The van der Waals surface area contributed by atoms with E-state index in [1.165, 1.54) is 6.42 Å². The lowest BCUT2D eigenvalue weighted by Gasteiger charge is -2.32. The summed E-state index contributed by atoms with van der Waals surface area (Å²) in [4.78, 5) is 14.4. The first-order valence-corrected chi connectivity index (χ1v) is 6.88. The quantitative estimate of drug-likeness (QED) is 0.928. The molecule has 20 heavy (non-hydrogen) atoms. The topological polar surface area (TPSA) is 55.6 Å². The molecule has 1 aliphatic rings. The molecule has 4 nitrogen and oxygen atoms in total. The first kappa shape index (κ1) is 16.8. The Balaban J connectivity index is 0.00000200. The summed E-state index contributed by atoms with van der Waals surface area (Å²) in [6.07, 6.45) is 3.25. The van der Waals surface area contributed by atoms with Crippen molar-refractivity contribution in [1.29, 1.82) is 0 Å². The average molecular weight is 299 g/mol. The summed E-state index contributed by atoms with van der Waals surface area (Å²) in [6, 6.07) is 7.35. The molecule has 2 rings (SSSR count). The van der Waals surface area contributed by atoms with Crippen molar-refractivity contribution in [3.63, 3.8) is 0 Å². The molecule has 1 amide bonds. The highest BCUT2D eigenvalue weighted by Crippen LogP contribution is 2.22. The molecule has 1 saturated heterocycles. The monoisotopic (exact) mass is 298 g/mol. The van der Waals surface area contributed by atoms with Crippen molar-refractivity contribution in [3.05, 3.63) is 29.8 Å². The van der Waals surface area contributed by atoms with Crippen LogP contribution < -0.4 is 10.5 Å². The van der Waals surface area contributed by atoms with Crippen LogP contribution >= 0.6 is 12.4 Å². The molecular weight excluding hydrogens is 276 g/mol. The van der Waals surface area contributed by atoms with Crippen molar-refractivity contribution in [3.8, 4) is 5.75 Å². The van der Waals surface area contributed by atoms with Gasteiger partial charge in [0.15, 0.2) is 0 Å². The van der Waals surface area contributed by atoms with Crippen LogP contribution in [0.3, 0.4) is 0 Å². The van der Waals surface area contributed by atoms with Crippen molar-refractivity contribution >= 4 is 18.3 Å². The van der Waals surface area contributed by atoms with Gasteiger partial charge in [-0.05, 0) is 49.9 Å².